The molecular formula is C50H44O6. The van der Waals surface area contributed by atoms with Crippen LogP contribution >= 0.6 is 0 Å². The minimum Gasteiger partial charge on any atom is -0.489 e. The average molecular weight is 741 g/mol. The quantitative estimate of drug-likeness (QED) is 0.0983. The number of ether oxygens (including phenoxy) is 6. The molecule has 2 atom stereocenters. The zero-order chi connectivity index (χ0) is 37.8. The first kappa shape index (κ1) is 36.5. The molecule has 0 saturated carbocycles. The van der Waals surface area contributed by atoms with Crippen molar-refractivity contribution in [3.8, 4) is 28.7 Å². The van der Waals surface area contributed by atoms with Crippen LogP contribution in [0.15, 0.2) is 182 Å². The number of fused-ring (bicyclic) bond motifs is 1. The second-order valence-corrected chi connectivity index (χ2v) is 13.8. The van der Waals surface area contributed by atoms with Crippen molar-refractivity contribution in [1.82, 2.24) is 0 Å². The van der Waals surface area contributed by atoms with E-state index >= 15 is 0 Å². The second kappa shape index (κ2) is 18.2. The van der Waals surface area contributed by atoms with Gasteiger partial charge in [0.15, 0.2) is 17.6 Å². The van der Waals surface area contributed by atoms with Crippen molar-refractivity contribution in [3.05, 3.63) is 221 Å². The lowest BCUT2D eigenvalue weighted by Gasteiger charge is -2.35. The number of hydrogen-bond donors (Lipinski definition) is 0. The highest BCUT2D eigenvalue weighted by atomic mass is 16.5. The predicted molar refractivity (Wildman–Crippen MR) is 218 cm³/mol. The normalized spacial score (nSPS) is 14.6. The zero-order valence-electron chi connectivity index (χ0n) is 31.2. The molecule has 7 aromatic rings. The van der Waals surface area contributed by atoms with E-state index in [9.17, 15) is 0 Å². The molecule has 0 radical (unpaired) electrons. The molecule has 0 unspecified atom stereocenters. The zero-order valence-corrected chi connectivity index (χ0v) is 31.2. The van der Waals surface area contributed by atoms with E-state index in [1.54, 1.807) is 0 Å². The smallest absolute Gasteiger partial charge is 0.162 e. The van der Waals surface area contributed by atoms with Gasteiger partial charge in [0.25, 0.3) is 0 Å². The summed E-state index contributed by atoms with van der Waals surface area (Å²) in [4.78, 5) is 0. The minimum absolute atomic E-state index is 0.351. The van der Waals surface area contributed by atoms with Crippen molar-refractivity contribution in [2.24, 2.45) is 0 Å². The van der Waals surface area contributed by atoms with E-state index < -0.39 is 6.10 Å². The van der Waals surface area contributed by atoms with E-state index in [-0.39, 0.29) is 6.10 Å². The van der Waals surface area contributed by atoms with Crippen LogP contribution in [0.3, 0.4) is 0 Å². The molecule has 6 nitrogen and oxygen atoms in total. The molecule has 0 bridgehead atoms. The van der Waals surface area contributed by atoms with Gasteiger partial charge in [-0.3, -0.25) is 0 Å². The minimum atomic E-state index is -0.472. The second-order valence-electron chi connectivity index (χ2n) is 13.8. The fourth-order valence-corrected chi connectivity index (χ4v) is 6.72. The van der Waals surface area contributed by atoms with Gasteiger partial charge < -0.3 is 28.4 Å². The largest absolute Gasteiger partial charge is 0.489 e. The highest BCUT2D eigenvalue weighted by Gasteiger charge is 2.35. The molecule has 0 fully saturated rings. The first-order valence-electron chi connectivity index (χ1n) is 19.0. The van der Waals surface area contributed by atoms with E-state index in [1.165, 1.54) is 0 Å². The number of hydrogen-bond acceptors (Lipinski definition) is 6. The van der Waals surface area contributed by atoms with E-state index in [4.69, 9.17) is 28.4 Å². The van der Waals surface area contributed by atoms with Gasteiger partial charge in [-0.15, -0.1) is 0 Å². The molecule has 7 aromatic carbocycles. The Labute approximate surface area is 328 Å². The van der Waals surface area contributed by atoms with Crippen LogP contribution in [0.5, 0.6) is 28.7 Å². The van der Waals surface area contributed by atoms with E-state index in [0.29, 0.717) is 68.2 Å². The van der Waals surface area contributed by atoms with Crippen LogP contribution < -0.4 is 23.7 Å². The summed E-state index contributed by atoms with van der Waals surface area (Å²) < 4.78 is 39.6. The van der Waals surface area contributed by atoms with Gasteiger partial charge in [-0.1, -0.05) is 158 Å². The van der Waals surface area contributed by atoms with Crippen LogP contribution in [0.2, 0.25) is 0 Å². The Kier molecular flexibility index (Phi) is 11.9. The third-order valence-electron chi connectivity index (χ3n) is 9.70. The molecule has 0 N–H and O–H groups in total. The first-order chi connectivity index (χ1) is 27.7. The van der Waals surface area contributed by atoms with Crippen LogP contribution in [0.1, 0.15) is 45.0 Å². The Morgan fingerprint density at radius 3 is 1.38 bits per heavy atom. The van der Waals surface area contributed by atoms with E-state index in [1.807, 2.05) is 121 Å². The van der Waals surface area contributed by atoms with Gasteiger partial charge in [-0.25, -0.2) is 0 Å². The standard InChI is InChI=1S/C50H44O6/c1-6-16-37(17-7-1)32-51-43-29-46(53-34-39-20-10-3-11-21-39)44-31-49(55-36-41-24-14-5-15-25-41)50(56-47(44)30-43)42-26-27-45(52-33-38-18-8-2-9-19-38)48(28-42)54-35-40-22-12-4-13-23-40/h1-30,49-50H,31-36H2/t49-,50+/m0/s1. The summed E-state index contributed by atoms with van der Waals surface area (Å²) in [6, 6.07) is 60.8. The molecule has 0 saturated heterocycles. The molecule has 280 valence electrons. The third-order valence-corrected chi connectivity index (χ3v) is 9.70. The Morgan fingerprint density at radius 1 is 0.411 bits per heavy atom. The van der Waals surface area contributed by atoms with Crippen molar-refractivity contribution in [2.45, 2.75) is 51.7 Å². The molecule has 1 heterocycles. The first-order valence-corrected chi connectivity index (χ1v) is 19.0. The molecule has 56 heavy (non-hydrogen) atoms. The molecule has 8 rings (SSSR count). The number of benzene rings is 7. The van der Waals surface area contributed by atoms with Gasteiger partial charge in [-0.05, 0) is 45.5 Å². The summed E-state index contributed by atoms with van der Waals surface area (Å²) >= 11 is 0. The van der Waals surface area contributed by atoms with Crippen molar-refractivity contribution in [2.75, 3.05) is 0 Å². The van der Waals surface area contributed by atoms with Crippen LogP contribution in [0.25, 0.3) is 0 Å². The van der Waals surface area contributed by atoms with Gasteiger partial charge in [0.1, 0.15) is 49.8 Å². The highest BCUT2D eigenvalue weighted by molar-refractivity contribution is 5.53. The summed E-state index contributed by atoms with van der Waals surface area (Å²) in [6.07, 6.45) is -0.265. The molecular weight excluding hydrogens is 697 g/mol. The van der Waals surface area contributed by atoms with Crippen molar-refractivity contribution >= 4 is 0 Å². The Hall–Kier alpha value is -6.50. The van der Waals surface area contributed by atoms with Crippen LogP contribution in [0.4, 0.5) is 0 Å². The molecule has 6 heteroatoms. The van der Waals surface area contributed by atoms with Crippen molar-refractivity contribution < 1.29 is 28.4 Å². The van der Waals surface area contributed by atoms with Crippen molar-refractivity contribution in [3.63, 3.8) is 0 Å². The maximum atomic E-state index is 7.01. The van der Waals surface area contributed by atoms with E-state index in [0.717, 1.165) is 38.9 Å². The molecule has 0 spiro atoms. The Balaban J connectivity index is 1.13. The third kappa shape index (κ3) is 9.59. The van der Waals surface area contributed by atoms with E-state index in [2.05, 4.69) is 60.7 Å². The lowest BCUT2D eigenvalue weighted by Crippen LogP contribution is -2.33. The van der Waals surface area contributed by atoms with Gasteiger partial charge in [0, 0.05) is 24.1 Å². The molecule has 1 aliphatic rings. The molecule has 0 aliphatic carbocycles. The van der Waals surface area contributed by atoms with Gasteiger partial charge in [0.05, 0.1) is 6.61 Å². The molecule has 0 aromatic heterocycles. The molecule has 0 amide bonds. The number of rotatable bonds is 16. The van der Waals surface area contributed by atoms with Gasteiger partial charge >= 0.3 is 0 Å². The summed E-state index contributed by atoms with van der Waals surface area (Å²) in [6.45, 7) is 2.04. The lowest BCUT2D eigenvalue weighted by molar-refractivity contribution is -0.0468. The lowest BCUT2D eigenvalue weighted by atomic mass is 9.93. The van der Waals surface area contributed by atoms with Crippen LogP contribution in [-0.4, -0.2) is 6.10 Å². The summed E-state index contributed by atoms with van der Waals surface area (Å²) in [5.74, 6) is 3.34. The topological polar surface area (TPSA) is 55.4 Å². The van der Waals surface area contributed by atoms with Crippen molar-refractivity contribution in [1.29, 1.82) is 0 Å². The van der Waals surface area contributed by atoms with Gasteiger partial charge in [0.2, 0.25) is 0 Å². The maximum absolute atomic E-state index is 7.01. The fraction of sp³-hybridized carbons (Fsp3) is 0.160. The summed E-state index contributed by atoms with van der Waals surface area (Å²) in [5, 5.41) is 0. The molecule has 1 aliphatic heterocycles. The Morgan fingerprint density at radius 2 is 0.857 bits per heavy atom. The van der Waals surface area contributed by atoms with Crippen LogP contribution in [-0.2, 0) is 44.2 Å². The van der Waals surface area contributed by atoms with Gasteiger partial charge in [-0.2, -0.15) is 0 Å². The summed E-state index contributed by atoms with van der Waals surface area (Å²) in [7, 11) is 0. The Bertz CT molecular complexity index is 2260. The van der Waals surface area contributed by atoms with Crippen LogP contribution in [0, 0.1) is 0 Å². The average Bonchev–Trinajstić information content (AvgIpc) is 3.27. The highest BCUT2D eigenvalue weighted by Crippen LogP contribution is 2.45. The SMILES string of the molecule is c1ccc(COc2cc(OCc3ccccc3)c3c(c2)O[C@H](c2ccc(OCc4ccccc4)c(OCc4ccccc4)c2)[C@@H](OCc2ccccc2)C3)cc1. The maximum Gasteiger partial charge on any atom is 0.162 e. The fourth-order valence-electron chi connectivity index (χ4n) is 6.72. The summed E-state index contributed by atoms with van der Waals surface area (Å²) in [5.41, 5.74) is 7.20. The predicted octanol–water partition coefficient (Wildman–Crippen LogP) is 11.3. The monoisotopic (exact) mass is 740 g/mol.